The highest BCUT2D eigenvalue weighted by Crippen LogP contribution is 2.38. The minimum Gasteiger partial charge on any atom is -0.242 e. The van der Waals surface area contributed by atoms with Crippen LogP contribution in [-0.2, 0) is 16.5 Å². The zero-order valence-electron chi connectivity index (χ0n) is 13.6. The standard InChI is InChI=1S/C17H20N2OS3/c1-16(2,3)23(20)19-17(4,14-10-7-11-21-14)15-18-12-8-5-6-9-13(12)22-15/h5-11,19H,1-4H3/t17-,23-/m0/s1. The molecule has 1 aromatic carbocycles. The molecular formula is C17H20N2OS3. The summed E-state index contributed by atoms with van der Waals surface area (Å²) in [5.74, 6) is 0. The largest absolute Gasteiger partial charge is 0.242 e. The second-order valence-corrected chi connectivity index (χ2v) is 10.5. The van der Waals surface area contributed by atoms with Crippen molar-refractivity contribution in [3.63, 3.8) is 0 Å². The molecule has 3 aromatic rings. The van der Waals surface area contributed by atoms with Crippen LogP contribution < -0.4 is 4.72 Å². The van der Waals surface area contributed by atoms with E-state index in [0.717, 1.165) is 20.1 Å². The van der Waals surface area contributed by atoms with Crippen molar-refractivity contribution in [2.75, 3.05) is 0 Å². The molecule has 3 nitrogen and oxygen atoms in total. The lowest BCUT2D eigenvalue weighted by molar-refractivity contribution is 0.531. The van der Waals surface area contributed by atoms with Gasteiger partial charge in [0, 0.05) is 4.88 Å². The van der Waals surface area contributed by atoms with Crippen molar-refractivity contribution in [3.8, 4) is 0 Å². The second kappa shape index (κ2) is 6.09. The summed E-state index contributed by atoms with van der Waals surface area (Å²) in [6.45, 7) is 8.00. The van der Waals surface area contributed by atoms with Crippen LogP contribution in [0.2, 0.25) is 0 Å². The fourth-order valence-electron chi connectivity index (χ4n) is 2.19. The lowest BCUT2D eigenvalue weighted by Crippen LogP contribution is -2.46. The highest BCUT2D eigenvalue weighted by Gasteiger charge is 2.37. The van der Waals surface area contributed by atoms with Gasteiger partial charge < -0.3 is 0 Å². The van der Waals surface area contributed by atoms with Gasteiger partial charge in [0.2, 0.25) is 0 Å². The number of nitrogens with zero attached hydrogens (tertiary/aromatic N) is 1. The average Bonchev–Trinajstić information content (AvgIpc) is 3.15. The van der Waals surface area contributed by atoms with Gasteiger partial charge in [0.05, 0.1) is 25.9 Å². The first-order valence-electron chi connectivity index (χ1n) is 7.40. The minimum atomic E-state index is -1.19. The summed E-state index contributed by atoms with van der Waals surface area (Å²) in [4.78, 5) is 5.92. The third-order valence-corrected chi connectivity index (χ3v) is 7.64. The fraction of sp³-hybridized carbons (Fsp3) is 0.353. The number of fused-ring (bicyclic) bond motifs is 1. The van der Waals surface area contributed by atoms with E-state index in [1.807, 2.05) is 50.4 Å². The summed E-state index contributed by atoms with van der Waals surface area (Å²) in [7, 11) is -1.19. The van der Waals surface area contributed by atoms with Crippen LogP contribution in [0.3, 0.4) is 0 Å². The maximum atomic E-state index is 12.7. The normalized spacial score (nSPS) is 16.3. The molecule has 0 aliphatic carbocycles. The van der Waals surface area contributed by atoms with Crippen LogP contribution in [0.15, 0.2) is 41.8 Å². The molecule has 23 heavy (non-hydrogen) atoms. The van der Waals surface area contributed by atoms with Crippen molar-refractivity contribution in [1.29, 1.82) is 0 Å². The first-order chi connectivity index (χ1) is 10.8. The molecule has 122 valence electrons. The SMILES string of the molecule is CC(C)(C)[S@](=O)N[C@@](C)(c1cccs1)c1nc2ccccc2s1. The molecule has 6 heteroatoms. The zero-order valence-corrected chi connectivity index (χ0v) is 16.1. The van der Waals surface area contributed by atoms with Gasteiger partial charge in [-0.25, -0.2) is 13.9 Å². The molecule has 0 spiro atoms. The Morgan fingerprint density at radius 3 is 2.43 bits per heavy atom. The molecule has 0 aliphatic rings. The van der Waals surface area contributed by atoms with E-state index in [2.05, 4.69) is 23.8 Å². The Hall–Kier alpha value is -1.08. The maximum absolute atomic E-state index is 12.7. The van der Waals surface area contributed by atoms with Crippen LogP contribution in [-0.4, -0.2) is 13.9 Å². The van der Waals surface area contributed by atoms with E-state index in [1.54, 1.807) is 22.7 Å². The molecule has 0 fully saturated rings. The highest BCUT2D eigenvalue weighted by atomic mass is 32.2. The molecular weight excluding hydrogens is 344 g/mol. The van der Waals surface area contributed by atoms with Crippen LogP contribution >= 0.6 is 22.7 Å². The molecule has 0 saturated carbocycles. The number of thiazole rings is 1. The summed E-state index contributed by atoms with van der Waals surface area (Å²) in [6, 6.07) is 12.2. The van der Waals surface area contributed by atoms with Crippen molar-refractivity contribution >= 4 is 43.9 Å². The van der Waals surface area contributed by atoms with Crippen molar-refractivity contribution in [2.24, 2.45) is 0 Å². The van der Waals surface area contributed by atoms with E-state index in [4.69, 9.17) is 4.98 Å². The Labute approximate surface area is 147 Å². The Balaban J connectivity index is 2.10. The number of nitrogens with one attached hydrogen (secondary N) is 1. The predicted molar refractivity (Wildman–Crippen MR) is 101 cm³/mol. The Morgan fingerprint density at radius 1 is 1.09 bits per heavy atom. The summed E-state index contributed by atoms with van der Waals surface area (Å²) in [6.07, 6.45) is 0. The van der Waals surface area contributed by atoms with Crippen molar-refractivity contribution in [2.45, 2.75) is 38.0 Å². The molecule has 0 bridgehead atoms. The number of hydrogen-bond donors (Lipinski definition) is 1. The van der Waals surface area contributed by atoms with Gasteiger partial charge in [-0.15, -0.1) is 22.7 Å². The number of para-hydroxylation sites is 1. The third kappa shape index (κ3) is 3.26. The molecule has 0 radical (unpaired) electrons. The number of aromatic nitrogens is 1. The highest BCUT2D eigenvalue weighted by molar-refractivity contribution is 7.84. The maximum Gasteiger partial charge on any atom is 0.120 e. The van der Waals surface area contributed by atoms with E-state index < -0.39 is 16.5 Å². The van der Waals surface area contributed by atoms with E-state index in [0.29, 0.717) is 0 Å². The van der Waals surface area contributed by atoms with Crippen LogP contribution in [0, 0.1) is 0 Å². The Kier molecular flexibility index (Phi) is 4.44. The van der Waals surface area contributed by atoms with Gasteiger partial charge in [-0.3, -0.25) is 0 Å². The molecule has 2 aromatic heterocycles. The molecule has 0 unspecified atom stereocenters. The number of thiophene rings is 1. The zero-order chi connectivity index (χ0) is 16.7. The number of benzene rings is 1. The summed E-state index contributed by atoms with van der Waals surface area (Å²) < 4.78 is 16.9. The van der Waals surface area contributed by atoms with E-state index in [-0.39, 0.29) is 4.75 Å². The summed E-state index contributed by atoms with van der Waals surface area (Å²) >= 11 is 3.31. The smallest absolute Gasteiger partial charge is 0.120 e. The topological polar surface area (TPSA) is 42.0 Å². The van der Waals surface area contributed by atoms with E-state index in [1.165, 1.54) is 0 Å². The van der Waals surface area contributed by atoms with Gasteiger partial charge in [-0.05, 0) is 51.3 Å². The average molecular weight is 365 g/mol. The quantitative estimate of drug-likeness (QED) is 0.731. The van der Waals surface area contributed by atoms with Gasteiger partial charge in [0.1, 0.15) is 10.5 Å². The van der Waals surface area contributed by atoms with E-state index in [9.17, 15) is 4.21 Å². The number of rotatable bonds is 4. The van der Waals surface area contributed by atoms with Gasteiger partial charge in [-0.1, -0.05) is 18.2 Å². The monoisotopic (exact) mass is 364 g/mol. The molecule has 3 rings (SSSR count). The fourth-order valence-corrected chi connectivity index (χ4v) is 5.19. The van der Waals surface area contributed by atoms with Gasteiger partial charge in [-0.2, -0.15) is 0 Å². The van der Waals surface area contributed by atoms with Gasteiger partial charge >= 0.3 is 0 Å². The van der Waals surface area contributed by atoms with Crippen LogP contribution in [0.5, 0.6) is 0 Å². The van der Waals surface area contributed by atoms with Crippen LogP contribution in [0.25, 0.3) is 10.2 Å². The number of hydrogen-bond acceptors (Lipinski definition) is 4. The van der Waals surface area contributed by atoms with Crippen molar-refractivity contribution in [1.82, 2.24) is 9.71 Å². The molecule has 2 atom stereocenters. The Bertz CT molecular complexity index is 800. The summed E-state index contributed by atoms with van der Waals surface area (Å²) in [5.41, 5.74) is 0.425. The first-order valence-corrected chi connectivity index (χ1v) is 10.2. The van der Waals surface area contributed by atoms with Crippen molar-refractivity contribution < 1.29 is 4.21 Å². The van der Waals surface area contributed by atoms with Crippen LogP contribution in [0.4, 0.5) is 0 Å². The van der Waals surface area contributed by atoms with Gasteiger partial charge in [0.25, 0.3) is 0 Å². The first kappa shape index (κ1) is 16.8. The summed E-state index contributed by atoms with van der Waals surface area (Å²) in [5, 5.41) is 2.99. The molecule has 0 amide bonds. The van der Waals surface area contributed by atoms with E-state index >= 15 is 0 Å². The minimum absolute atomic E-state index is 0.338. The van der Waals surface area contributed by atoms with Gasteiger partial charge in [0.15, 0.2) is 0 Å². The lowest BCUT2D eigenvalue weighted by atomic mass is 10.0. The molecule has 1 N–H and O–H groups in total. The predicted octanol–water partition coefficient (Wildman–Crippen LogP) is 4.67. The lowest BCUT2D eigenvalue weighted by Gasteiger charge is -2.31. The molecule has 0 saturated heterocycles. The van der Waals surface area contributed by atoms with Crippen molar-refractivity contribution in [3.05, 3.63) is 51.7 Å². The molecule has 0 aliphatic heterocycles. The third-order valence-electron chi connectivity index (χ3n) is 3.59. The van der Waals surface area contributed by atoms with Crippen LogP contribution in [0.1, 0.15) is 37.6 Å². The molecule has 2 heterocycles. The second-order valence-electron chi connectivity index (χ2n) is 6.57. The Morgan fingerprint density at radius 2 is 1.83 bits per heavy atom.